The Kier molecular flexibility index (Phi) is 8.98. The van der Waals surface area contributed by atoms with Crippen LogP contribution in [-0.4, -0.2) is 62.2 Å². The monoisotopic (exact) mass is 417 g/mol. The minimum atomic E-state index is 0.567. The van der Waals surface area contributed by atoms with Crippen LogP contribution in [0, 0.1) is 13.8 Å². The molecule has 0 saturated carbocycles. The SMILES string of the molecule is CCNC(=NCc1c(C)nn(CCOC)c1C)N(C)Cc1ccc(OC)cc1OC. The summed E-state index contributed by atoms with van der Waals surface area (Å²) < 4.78 is 18.0. The van der Waals surface area contributed by atoms with Gasteiger partial charge in [0.25, 0.3) is 0 Å². The van der Waals surface area contributed by atoms with Crippen LogP contribution in [0.1, 0.15) is 29.4 Å². The largest absolute Gasteiger partial charge is 0.497 e. The van der Waals surface area contributed by atoms with Gasteiger partial charge in [0.15, 0.2) is 5.96 Å². The van der Waals surface area contributed by atoms with E-state index in [0.717, 1.165) is 53.1 Å². The molecule has 0 bridgehead atoms. The van der Waals surface area contributed by atoms with Gasteiger partial charge in [0, 0.05) is 50.1 Å². The van der Waals surface area contributed by atoms with E-state index in [4.69, 9.17) is 19.2 Å². The topological polar surface area (TPSA) is 73.1 Å². The van der Waals surface area contributed by atoms with Gasteiger partial charge in [-0.05, 0) is 32.9 Å². The smallest absolute Gasteiger partial charge is 0.194 e. The number of rotatable bonds is 10. The van der Waals surface area contributed by atoms with Crippen LogP contribution in [0.3, 0.4) is 0 Å². The second-order valence-corrected chi connectivity index (χ2v) is 7.07. The van der Waals surface area contributed by atoms with Gasteiger partial charge in [-0.25, -0.2) is 4.99 Å². The molecule has 0 aliphatic rings. The van der Waals surface area contributed by atoms with Crippen molar-refractivity contribution >= 4 is 5.96 Å². The summed E-state index contributed by atoms with van der Waals surface area (Å²) >= 11 is 0. The fourth-order valence-corrected chi connectivity index (χ4v) is 3.29. The molecule has 8 nitrogen and oxygen atoms in total. The first-order valence-corrected chi connectivity index (χ1v) is 10.2. The first-order chi connectivity index (χ1) is 14.4. The summed E-state index contributed by atoms with van der Waals surface area (Å²) in [5.41, 5.74) is 4.34. The number of nitrogens with zero attached hydrogens (tertiary/aromatic N) is 4. The fraction of sp³-hybridized carbons (Fsp3) is 0.545. The second-order valence-electron chi connectivity index (χ2n) is 7.07. The number of aromatic nitrogens is 2. The maximum absolute atomic E-state index is 5.54. The highest BCUT2D eigenvalue weighted by Crippen LogP contribution is 2.25. The Labute approximate surface area is 179 Å². The van der Waals surface area contributed by atoms with Crippen LogP contribution in [0.15, 0.2) is 23.2 Å². The highest BCUT2D eigenvalue weighted by atomic mass is 16.5. The maximum Gasteiger partial charge on any atom is 0.194 e. The van der Waals surface area contributed by atoms with Crippen LogP contribution in [0.5, 0.6) is 11.5 Å². The van der Waals surface area contributed by atoms with E-state index >= 15 is 0 Å². The van der Waals surface area contributed by atoms with E-state index in [1.165, 1.54) is 0 Å². The highest BCUT2D eigenvalue weighted by molar-refractivity contribution is 5.79. The molecule has 0 saturated heterocycles. The molecule has 0 amide bonds. The molecule has 1 heterocycles. The molecular formula is C22H35N5O3. The molecule has 2 aromatic rings. The zero-order valence-corrected chi connectivity index (χ0v) is 19.3. The zero-order chi connectivity index (χ0) is 22.1. The second kappa shape index (κ2) is 11.4. The van der Waals surface area contributed by atoms with E-state index in [1.807, 2.05) is 36.9 Å². The van der Waals surface area contributed by atoms with Crippen molar-refractivity contribution in [1.82, 2.24) is 20.0 Å². The molecule has 1 N–H and O–H groups in total. The number of benzene rings is 1. The Bertz CT molecular complexity index is 848. The molecule has 0 radical (unpaired) electrons. The summed E-state index contributed by atoms with van der Waals surface area (Å²) in [7, 11) is 7.04. The van der Waals surface area contributed by atoms with E-state index < -0.39 is 0 Å². The summed E-state index contributed by atoms with van der Waals surface area (Å²) in [6, 6.07) is 5.86. The Morgan fingerprint density at radius 1 is 1.20 bits per heavy atom. The third kappa shape index (κ3) is 5.89. The van der Waals surface area contributed by atoms with Crippen LogP contribution in [0.4, 0.5) is 0 Å². The average Bonchev–Trinajstić information content (AvgIpc) is 3.02. The first-order valence-electron chi connectivity index (χ1n) is 10.2. The average molecular weight is 418 g/mol. The minimum Gasteiger partial charge on any atom is -0.497 e. The lowest BCUT2D eigenvalue weighted by atomic mass is 10.2. The quantitative estimate of drug-likeness (QED) is 0.473. The molecule has 0 unspecified atom stereocenters. The fourth-order valence-electron chi connectivity index (χ4n) is 3.29. The molecule has 1 aromatic carbocycles. The Balaban J connectivity index is 2.19. The number of hydrogen-bond donors (Lipinski definition) is 1. The van der Waals surface area contributed by atoms with Gasteiger partial charge in [-0.1, -0.05) is 0 Å². The summed E-state index contributed by atoms with van der Waals surface area (Å²) in [6.45, 7) is 9.56. The van der Waals surface area contributed by atoms with Crippen molar-refractivity contribution in [2.45, 2.75) is 40.4 Å². The van der Waals surface area contributed by atoms with Crippen molar-refractivity contribution in [3.05, 3.63) is 40.7 Å². The van der Waals surface area contributed by atoms with E-state index in [2.05, 4.69) is 29.2 Å². The van der Waals surface area contributed by atoms with Gasteiger partial charge >= 0.3 is 0 Å². The van der Waals surface area contributed by atoms with Crippen molar-refractivity contribution in [3.63, 3.8) is 0 Å². The molecular weight excluding hydrogens is 382 g/mol. The number of aryl methyl sites for hydroxylation is 1. The van der Waals surface area contributed by atoms with E-state index in [-0.39, 0.29) is 0 Å². The standard InChI is InChI=1S/C22H35N5O3/c1-8-23-22(24-14-20-16(2)25-27(17(20)3)11-12-28-5)26(4)15-18-9-10-19(29-6)13-21(18)30-7/h9-10,13H,8,11-12,14-15H2,1-7H3,(H,23,24). The van der Waals surface area contributed by atoms with E-state index in [9.17, 15) is 0 Å². The van der Waals surface area contributed by atoms with Gasteiger partial charge in [0.2, 0.25) is 0 Å². The summed E-state index contributed by atoms with van der Waals surface area (Å²) in [5, 5.41) is 8.00. The van der Waals surface area contributed by atoms with Gasteiger partial charge in [-0.2, -0.15) is 5.10 Å². The number of hydrogen-bond acceptors (Lipinski definition) is 5. The van der Waals surface area contributed by atoms with Gasteiger partial charge in [-0.3, -0.25) is 4.68 Å². The number of guanidine groups is 1. The molecule has 0 aliphatic carbocycles. The van der Waals surface area contributed by atoms with Crippen LogP contribution in [0.2, 0.25) is 0 Å². The third-order valence-corrected chi connectivity index (χ3v) is 5.02. The van der Waals surface area contributed by atoms with E-state index in [1.54, 1.807) is 21.3 Å². The van der Waals surface area contributed by atoms with Crippen molar-refractivity contribution < 1.29 is 14.2 Å². The summed E-state index contributed by atoms with van der Waals surface area (Å²) in [5.74, 6) is 2.40. The van der Waals surface area contributed by atoms with Crippen molar-refractivity contribution in [2.24, 2.45) is 4.99 Å². The minimum absolute atomic E-state index is 0.567. The van der Waals surface area contributed by atoms with Crippen LogP contribution >= 0.6 is 0 Å². The van der Waals surface area contributed by atoms with Crippen molar-refractivity contribution in [2.75, 3.05) is 41.5 Å². The summed E-state index contributed by atoms with van der Waals surface area (Å²) in [6.07, 6.45) is 0. The molecule has 0 aliphatic heterocycles. The maximum atomic E-state index is 5.54. The van der Waals surface area contributed by atoms with Crippen molar-refractivity contribution in [1.29, 1.82) is 0 Å². The lowest BCUT2D eigenvalue weighted by Gasteiger charge is -2.23. The van der Waals surface area contributed by atoms with Gasteiger partial charge in [-0.15, -0.1) is 0 Å². The summed E-state index contributed by atoms with van der Waals surface area (Å²) in [4.78, 5) is 6.96. The molecule has 1 aromatic heterocycles. The van der Waals surface area contributed by atoms with E-state index in [0.29, 0.717) is 19.7 Å². The molecule has 2 rings (SSSR count). The lowest BCUT2D eigenvalue weighted by Crippen LogP contribution is -2.38. The van der Waals surface area contributed by atoms with Crippen molar-refractivity contribution in [3.8, 4) is 11.5 Å². The Hall–Kier alpha value is -2.74. The van der Waals surface area contributed by atoms with Crippen LogP contribution in [0.25, 0.3) is 0 Å². The molecule has 0 spiro atoms. The number of nitrogens with one attached hydrogen (secondary N) is 1. The van der Waals surface area contributed by atoms with Gasteiger partial charge < -0.3 is 24.4 Å². The first kappa shape index (κ1) is 23.5. The molecule has 8 heteroatoms. The van der Waals surface area contributed by atoms with Gasteiger partial charge in [0.05, 0.1) is 39.6 Å². The molecule has 166 valence electrons. The lowest BCUT2D eigenvalue weighted by molar-refractivity contribution is 0.182. The van der Waals surface area contributed by atoms with Gasteiger partial charge in [0.1, 0.15) is 11.5 Å². The Morgan fingerprint density at radius 2 is 1.97 bits per heavy atom. The van der Waals surface area contributed by atoms with Crippen LogP contribution < -0.4 is 14.8 Å². The normalized spacial score (nSPS) is 11.5. The molecule has 0 fully saturated rings. The predicted molar refractivity (Wildman–Crippen MR) is 119 cm³/mol. The zero-order valence-electron chi connectivity index (χ0n) is 19.3. The van der Waals surface area contributed by atoms with Crippen LogP contribution in [-0.2, 0) is 24.4 Å². The number of ether oxygens (including phenoxy) is 3. The third-order valence-electron chi connectivity index (χ3n) is 5.02. The Morgan fingerprint density at radius 3 is 2.60 bits per heavy atom. The molecule has 30 heavy (non-hydrogen) atoms. The molecule has 0 atom stereocenters. The highest BCUT2D eigenvalue weighted by Gasteiger charge is 2.14. The number of aliphatic imine (C=N–C) groups is 1. The predicted octanol–water partition coefficient (Wildman–Crippen LogP) is 2.76. The number of methoxy groups -OCH3 is 3.